The first kappa shape index (κ1) is 20.2. The molecule has 2 heterocycles. The molecule has 0 aliphatic carbocycles. The molecule has 3 amide bonds. The summed E-state index contributed by atoms with van der Waals surface area (Å²) >= 11 is 5.99. The number of imidazole rings is 1. The first-order valence-electron chi connectivity index (χ1n) is 9.45. The number of urea groups is 1. The average molecular weight is 404 g/mol. The summed E-state index contributed by atoms with van der Waals surface area (Å²) in [5.74, 6) is 0.630. The van der Waals surface area contributed by atoms with E-state index in [4.69, 9.17) is 11.6 Å². The average Bonchev–Trinajstić information content (AvgIpc) is 3.00. The standard InChI is InChI=1S/C20H26ClN5O2/c1-13-18(19(27)23-12-15-5-4-6-16(21)11-15)24-14(2)26(13)17-7-9-25(10-8-17)20(28)22-3/h4-6,11,17H,7-10,12H2,1-3H3,(H,22,28)(H,23,27). The number of benzene rings is 1. The Labute approximate surface area is 170 Å². The van der Waals surface area contributed by atoms with Crippen LogP contribution in [0.4, 0.5) is 4.79 Å². The molecule has 2 N–H and O–H groups in total. The highest BCUT2D eigenvalue weighted by Gasteiger charge is 2.27. The van der Waals surface area contributed by atoms with Crippen molar-refractivity contribution in [1.29, 1.82) is 0 Å². The van der Waals surface area contributed by atoms with Crippen molar-refractivity contribution in [2.75, 3.05) is 20.1 Å². The molecule has 0 saturated carbocycles. The molecular weight excluding hydrogens is 378 g/mol. The summed E-state index contributed by atoms with van der Waals surface area (Å²) in [6.45, 7) is 5.63. The van der Waals surface area contributed by atoms with Gasteiger partial charge in [0.25, 0.3) is 5.91 Å². The molecule has 8 heteroatoms. The van der Waals surface area contributed by atoms with Crippen molar-refractivity contribution in [3.8, 4) is 0 Å². The Bertz CT molecular complexity index is 871. The smallest absolute Gasteiger partial charge is 0.317 e. The number of aryl methyl sites for hydroxylation is 1. The van der Waals surface area contributed by atoms with Crippen molar-refractivity contribution in [2.45, 2.75) is 39.3 Å². The van der Waals surface area contributed by atoms with E-state index in [1.807, 2.05) is 36.9 Å². The lowest BCUT2D eigenvalue weighted by molar-refractivity contribution is 0.0945. The van der Waals surface area contributed by atoms with Crippen LogP contribution in [-0.4, -0.2) is 46.5 Å². The minimum atomic E-state index is -0.192. The lowest BCUT2D eigenvalue weighted by atomic mass is 10.0. The van der Waals surface area contributed by atoms with Crippen LogP contribution < -0.4 is 10.6 Å². The molecule has 0 unspecified atom stereocenters. The van der Waals surface area contributed by atoms with E-state index in [-0.39, 0.29) is 18.0 Å². The molecule has 0 atom stereocenters. The van der Waals surface area contributed by atoms with E-state index < -0.39 is 0 Å². The maximum absolute atomic E-state index is 12.7. The Balaban J connectivity index is 1.68. The van der Waals surface area contributed by atoms with Gasteiger partial charge in [0.1, 0.15) is 11.5 Å². The number of hydrogen-bond donors (Lipinski definition) is 2. The second-order valence-electron chi connectivity index (χ2n) is 7.05. The molecule has 0 bridgehead atoms. The van der Waals surface area contributed by atoms with Gasteiger partial charge >= 0.3 is 6.03 Å². The third kappa shape index (κ3) is 4.30. The fraction of sp³-hybridized carbons (Fsp3) is 0.450. The molecule has 28 heavy (non-hydrogen) atoms. The Morgan fingerprint density at radius 3 is 2.61 bits per heavy atom. The van der Waals surface area contributed by atoms with Crippen LogP contribution in [0.2, 0.25) is 5.02 Å². The van der Waals surface area contributed by atoms with Gasteiger partial charge in [-0.1, -0.05) is 23.7 Å². The third-order valence-electron chi connectivity index (χ3n) is 5.21. The first-order valence-corrected chi connectivity index (χ1v) is 9.83. The highest BCUT2D eigenvalue weighted by atomic mass is 35.5. The van der Waals surface area contributed by atoms with E-state index in [1.54, 1.807) is 13.1 Å². The lowest BCUT2D eigenvalue weighted by Gasteiger charge is -2.33. The van der Waals surface area contributed by atoms with Crippen molar-refractivity contribution >= 4 is 23.5 Å². The Kier molecular flexibility index (Phi) is 6.24. The van der Waals surface area contributed by atoms with E-state index in [0.717, 1.165) is 29.9 Å². The van der Waals surface area contributed by atoms with Crippen LogP contribution in [0.1, 0.15) is 46.5 Å². The van der Waals surface area contributed by atoms with E-state index in [0.29, 0.717) is 30.4 Å². The van der Waals surface area contributed by atoms with Gasteiger partial charge in [-0.25, -0.2) is 9.78 Å². The molecule has 1 aromatic carbocycles. The molecule has 1 aliphatic rings. The van der Waals surface area contributed by atoms with Gasteiger partial charge in [-0.15, -0.1) is 0 Å². The van der Waals surface area contributed by atoms with Gasteiger partial charge in [-0.3, -0.25) is 4.79 Å². The van der Waals surface area contributed by atoms with Crippen LogP contribution in [0.3, 0.4) is 0 Å². The molecule has 3 rings (SSSR count). The highest BCUT2D eigenvalue weighted by Crippen LogP contribution is 2.27. The van der Waals surface area contributed by atoms with Crippen molar-refractivity contribution in [2.24, 2.45) is 0 Å². The van der Waals surface area contributed by atoms with Crippen LogP contribution in [0.15, 0.2) is 24.3 Å². The predicted molar refractivity (Wildman–Crippen MR) is 109 cm³/mol. The number of amides is 3. The number of carbonyl (C=O) groups is 2. The van der Waals surface area contributed by atoms with Crippen molar-refractivity contribution in [3.63, 3.8) is 0 Å². The van der Waals surface area contributed by atoms with Gasteiger partial charge in [0, 0.05) is 43.4 Å². The fourth-order valence-corrected chi connectivity index (χ4v) is 4.02. The predicted octanol–water partition coefficient (Wildman–Crippen LogP) is 3.06. The van der Waals surface area contributed by atoms with Gasteiger partial charge in [-0.2, -0.15) is 0 Å². The number of aromatic nitrogens is 2. The molecule has 1 fully saturated rings. The van der Waals surface area contributed by atoms with Crippen LogP contribution in [-0.2, 0) is 6.54 Å². The number of hydrogen-bond acceptors (Lipinski definition) is 3. The summed E-state index contributed by atoms with van der Waals surface area (Å²) in [5, 5.41) is 6.24. The molecule has 0 spiro atoms. The van der Waals surface area contributed by atoms with Crippen molar-refractivity contribution in [1.82, 2.24) is 25.1 Å². The van der Waals surface area contributed by atoms with Gasteiger partial charge < -0.3 is 20.1 Å². The Morgan fingerprint density at radius 1 is 1.25 bits per heavy atom. The zero-order valence-corrected chi connectivity index (χ0v) is 17.2. The number of likely N-dealkylation sites (tertiary alicyclic amines) is 1. The molecule has 1 saturated heterocycles. The number of nitrogens with one attached hydrogen (secondary N) is 2. The Morgan fingerprint density at radius 2 is 1.96 bits per heavy atom. The minimum Gasteiger partial charge on any atom is -0.347 e. The largest absolute Gasteiger partial charge is 0.347 e. The number of nitrogens with zero attached hydrogens (tertiary/aromatic N) is 3. The number of piperidine rings is 1. The molecule has 150 valence electrons. The van der Waals surface area contributed by atoms with Crippen LogP contribution >= 0.6 is 11.6 Å². The number of halogens is 1. The molecular formula is C20H26ClN5O2. The van der Waals surface area contributed by atoms with Crippen LogP contribution in [0, 0.1) is 13.8 Å². The quantitative estimate of drug-likeness (QED) is 0.823. The zero-order valence-electron chi connectivity index (χ0n) is 16.5. The molecule has 1 aliphatic heterocycles. The summed E-state index contributed by atoms with van der Waals surface area (Å²) in [6, 6.07) is 7.61. The number of rotatable bonds is 4. The van der Waals surface area contributed by atoms with Gasteiger partial charge in [-0.05, 0) is 44.4 Å². The second kappa shape index (κ2) is 8.65. The zero-order chi connectivity index (χ0) is 20.3. The van der Waals surface area contributed by atoms with Crippen molar-refractivity contribution in [3.05, 3.63) is 52.1 Å². The summed E-state index contributed by atoms with van der Waals surface area (Å²) in [6.07, 6.45) is 1.68. The summed E-state index contributed by atoms with van der Waals surface area (Å²) in [7, 11) is 1.65. The summed E-state index contributed by atoms with van der Waals surface area (Å²) < 4.78 is 2.13. The maximum Gasteiger partial charge on any atom is 0.317 e. The van der Waals surface area contributed by atoms with Crippen LogP contribution in [0.5, 0.6) is 0 Å². The molecule has 1 aromatic heterocycles. The number of carbonyl (C=O) groups excluding carboxylic acids is 2. The first-order chi connectivity index (χ1) is 13.4. The molecule has 0 radical (unpaired) electrons. The SMILES string of the molecule is CNC(=O)N1CCC(n2c(C)nc(C(=O)NCc3cccc(Cl)c3)c2C)CC1. The monoisotopic (exact) mass is 403 g/mol. The van der Waals surface area contributed by atoms with E-state index in [2.05, 4.69) is 20.2 Å². The topological polar surface area (TPSA) is 79.3 Å². The van der Waals surface area contributed by atoms with E-state index >= 15 is 0 Å². The normalized spacial score (nSPS) is 14.8. The minimum absolute atomic E-state index is 0.0430. The van der Waals surface area contributed by atoms with Crippen LogP contribution in [0.25, 0.3) is 0 Å². The summed E-state index contributed by atoms with van der Waals surface area (Å²) in [5.41, 5.74) is 2.25. The van der Waals surface area contributed by atoms with E-state index in [1.165, 1.54) is 0 Å². The van der Waals surface area contributed by atoms with Gasteiger partial charge in [0.15, 0.2) is 0 Å². The highest BCUT2D eigenvalue weighted by molar-refractivity contribution is 6.30. The van der Waals surface area contributed by atoms with Gasteiger partial charge in [0.05, 0.1) is 0 Å². The third-order valence-corrected chi connectivity index (χ3v) is 5.45. The lowest BCUT2D eigenvalue weighted by Crippen LogP contribution is -2.43. The fourth-order valence-electron chi connectivity index (χ4n) is 3.80. The van der Waals surface area contributed by atoms with Gasteiger partial charge in [0.2, 0.25) is 0 Å². The van der Waals surface area contributed by atoms with Crippen molar-refractivity contribution < 1.29 is 9.59 Å². The Hall–Kier alpha value is -2.54. The maximum atomic E-state index is 12.7. The molecule has 7 nitrogen and oxygen atoms in total. The summed E-state index contributed by atoms with van der Waals surface area (Å²) in [4.78, 5) is 30.8. The molecule has 2 aromatic rings. The second-order valence-corrected chi connectivity index (χ2v) is 7.49. The van der Waals surface area contributed by atoms with E-state index in [9.17, 15) is 9.59 Å².